The fourth-order valence-electron chi connectivity index (χ4n) is 5.46. The summed E-state index contributed by atoms with van der Waals surface area (Å²) < 4.78 is 5.38. The molecule has 0 spiro atoms. The first-order chi connectivity index (χ1) is 12.6. The van der Waals surface area contributed by atoms with Crippen LogP contribution < -0.4 is 0 Å². The van der Waals surface area contributed by atoms with Crippen molar-refractivity contribution in [3.63, 3.8) is 0 Å². The van der Waals surface area contributed by atoms with E-state index >= 15 is 0 Å². The SMILES string of the molecule is Cc1occc1C(=O)N1C[C@@H](c2cccc(O)c2)[C@@H]2[C@H]1C1CCN2CC1. The van der Waals surface area contributed by atoms with E-state index in [4.69, 9.17) is 4.42 Å². The molecular weight excluding hydrogens is 328 g/mol. The molecule has 4 saturated heterocycles. The predicted octanol–water partition coefficient (Wildman–Crippen LogP) is 3.00. The van der Waals surface area contributed by atoms with E-state index in [0.717, 1.165) is 18.7 Å². The molecule has 5 heterocycles. The van der Waals surface area contributed by atoms with Crippen molar-refractivity contribution in [3.05, 3.63) is 53.5 Å². The lowest BCUT2D eigenvalue weighted by Gasteiger charge is -2.51. The van der Waals surface area contributed by atoms with Crippen molar-refractivity contribution in [3.8, 4) is 5.75 Å². The molecule has 4 aliphatic heterocycles. The number of phenols is 1. The highest BCUT2D eigenvalue weighted by molar-refractivity contribution is 5.95. The summed E-state index contributed by atoms with van der Waals surface area (Å²) in [6.07, 6.45) is 3.93. The predicted molar refractivity (Wildman–Crippen MR) is 97.2 cm³/mol. The van der Waals surface area contributed by atoms with Crippen LogP contribution in [0, 0.1) is 12.8 Å². The number of likely N-dealkylation sites (tertiary alicyclic amines) is 1. The minimum Gasteiger partial charge on any atom is -0.508 e. The molecule has 3 atom stereocenters. The molecule has 136 valence electrons. The summed E-state index contributed by atoms with van der Waals surface area (Å²) in [6.45, 7) is 4.79. The third kappa shape index (κ3) is 2.30. The van der Waals surface area contributed by atoms with Gasteiger partial charge in [-0.3, -0.25) is 9.69 Å². The van der Waals surface area contributed by atoms with Crippen LogP contribution in [0.15, 0.2) is 41.0 Å². The number of hydrogen-bond acceptors (Lipinski definition) is 4. The molecule has 0 aliphatic carbocycles. The van der Waals surface area contributed by atoms with Gasteiger partial charge in [0.25, 0.3) is 5.91 Å². The first-order valence-electron chi connectivity index (χ1n) is 9.51. The summed E-state index contributed by atoms with van der Waals surface area (Å²) in [6, 6.07) is 9.95. The highest BCUT2D eigenvalue weighted by Crippen LogP contribution is 2.47. The third-order valence-corrected chi connectivity index (χ3v) is 6.64. The maximum absolute atomic E-state index is 13.3. The summed E-state index contributed by atoms with van der Waals surface area (Å²) in [7, 11) is 0. The first-order valence-corrected chi connectivity index (χ1v) is 9.51. The average Bonchev–Trinajstić information content (AvgIpc) is 3.27. The van der Waals surface area contributed by atoms with Gasteiger partial charge in [-0.1, -0.05) is 12.1 Å². The molecule has 5 nitrogen and oxygen atoms in total. The van der Waals surface area contributed by atoms with Gasteiger partial charge in [0.15, 0.2) is 0 Å². The number of amides is 1. The molecule has 5 heteroatoms. The fourth-order valence-corrected chi connectivity index (χ4v) is 5.46. The number of aryl methyl sites for hydroxylation is 1. The van der Waals surface area contributed by atoms with Crippen molar-refractivity contribution in [2.45, 2.75) is 37.8 Å². The Balaban J connectivity index is 1.55. The lowest BCUT2D eigenvalue weighted by atomic mass is 9.75. The molecule has 1 aromatic carbocycles. The van der Waals surface area contributed by atoms with Crippen LogP contribution in [0.3, 0.4) is 0 Å². The molecule has 2 bridgehead atoms. The number of benzene rings is 1. The number of furan rings is 1. The zero-order valence-corrected chi connectivity index (χ0v) is 15.0. The molecule has 4 fully saturated rings. The Morgan fingerprint density at radius 3 is 2.69 bits per heavy atom. The van der Waals surface area contributed by atoms with Gasteiger partial charge in [-0.2, -0.15) is 0 Å². The van der Waals surface area contributed by atoms with Crippen LogP contribution in [0.2, 0.25) is 0 Å². The van der Waals surface area contributed by atoms with E-state index in [1.165, 1.54) is 12.8 Å². The van der Waals surface area contributed by atoms with E-state index in [9.17, 15) is 9.90 Å². The highest BCUT2D eigenvalue weighted by atomic mass is 16.3. The van der Waals surface area contributed by atoms with Crippen molar-refractivity contribution in [2.24, 2.45) is 5.92 Å². The molecule has 4 aliphatic rings. The molecule has 1 amide bonds. The normalized spacial score (nSPS) is 32.7. The Kier molecular flexibility index (Phi) is 3.60. The lowest BCUT2D eigenvalue weighted by Crippen LogP contribution is -2.60. The van der Waals surface area contributed by atoms with E-state index in [0.29, 0.717) is 35.6 Å². The molecule has 6 rings (SSSR count). The third-order valence-electron chi connectivity index (χ3n) is 6.64. The van der Waals surface area contributed by atoms with Gasteiger partial charge in [0, 0.05) is 18.5 Å². The second-order valence-electron chi connectivity index (χ2n) is 7.90. The number of rotatable bonds is 2. The van der Waals surface area contributed by atoms with Crippen LogP contribution in [0.25, 0.3) is 0 Å². The lowest BCUT2D eigenvalue weighted by molar-refractivity contribution is -0.00346. The second kappa shape index (κ2) is 5.88. The molecular formula is C21H24N2O3. The van der Waals surface area contributed by atoms with Gasteiger partial charge >= 0.3 is 0 Å². The summed E-state index contributed by atoms with van der Waals surface area (Å²) in [4.78, 5) is 18.0. The van der Waals surface area contributed by atoms with Crippen LogP contribution >= 0.6 is 0 Å². The van der Waals surface area contributed by atoms with Gasteiger partial charge in [0.2, 0.25) is 0 Å². The zero-order chi connectivity index (χ0) is 17.8. The summed E-state index contributed by atoms with van der Waals surface area (Å²) in [5.41, 5.74) is 1.81. The average molecular weight is 352 g/mol. The Morgan fingerprint density at radius 1 is 1.19 bits per heavy atom. The van der Waals surface area contributed by atoms with Crippen molar-refractivity contribution >= 4 is 5.91 Å². The van der Waals surface area contributed by atoms with Crippen LogP contribution in [0.5, 0.6) is 5.75 Å². The summed E-state index contributed by atoms with van der Waals surface area (Å²) >= 11 is 0. The van der Waals surface area contributed by atoms with Gasteiger partial charge in [-0.15, -0.1) is 0 Å². The van der Waals surface area contributed by atoms with Gasteiger partial charge in [-0.25, -0.2) is 0 Å². The number of aromatic hydroxyl groups is 1. The minimum absolute atomic E-state index is 0.0858. The molecule has 1 aromatic heterocycles. The van der Waals surface area contributed by atoms with Crippen molar-refractivity contribution < 1.29 is 14.3 Å². The van der Waals surface area contributed by atoms with Gasteiger partial charge < -0.3 is 14.4 Å². The molecule has 26 heavy (non-hydrogen) atoms. The molecule has 1 N–H and O–H groups in total. The Bertz CT molecular complexity index is 837. The molecule has 0 saturated carbocycles. The Hall–Kier alpha value is -2.27. The monoisotopic (exact) mass is 352 g/mol. The van der Waals surface area contributed by atoms with E-state index in [1.54, 1.807) is 18.4 Å². The van der Waals surface area contributed by atoms with Crippen LogP contribution in [0.4, 0.5) is 0 Å². The number of fused-ring (bicyclic) bond motifs is 2. The minimum atomic E-state index is 0.0858. The number of phenolic OH excluding ortho intramolecular Hbond substituents is 1. The molecule has 0 radical (unpaired) electrons. The maximum Gasteiger partial charge on any atom is 0.257 e. The Labute approximate surface area is 153 Å². The van der Waals surface area contributed by atoms with E-state index in [-0.39, 0.29) is 17.9 Å². The number of carbonyl (C=O) groups excluding carboxylic acids is 1. The smallest absolute Gasteiger partial charge is 0.257 e. The summed E-state index contributed by atoms with van der Waals surface area (Å²) in [5.74, 6) is 1.89. The van der Waals surface area contributed by atoms with Crippen LogP contribution in [-0.4, -0.2) is 52.5 Å². The quantitative estimate of drug-likeness (QED) is 0.903. The van der Waals surface area contributed by atoms with Gasteiger partial charge in [0.05, 0.1) is 17.9 Å². The number of carbonyl (C=O) groups is 1. The van der Waals surface area contributed by atoms with E-state index < -0.39 is 0 Å². The van der Waals surface area contributed by atoms with Gasteiger partial charge in [0.1, 0.15) is 11.5 Å². The largest absolute Gasteiger partial charge is 0.508 e. The Morgan fingerprint density at radius 2 is 2.00 bits per heavy atom. The first kappa shape index (κ1) is 15.9. The highest BCUT2D eigenvalue weighted by Gasteiger charge is 2.54. The van der Waals surface area contributed by atoms with Crippen molar-refractivity contribution in [1.29, 1.82) is 0 Å². The van der Waals surface area contributed by atoms with Crippen molar-refractivity contribution in [2.75, 3.05) is 19.6 Å². The van der Waals surface area contributed by atoms with E-state index in [1.807, 2.05) is 19.1 Å². The maximum atomic E-state index is 13.3. The van der Waals surface area contributed by atoms with Gasteiger partial charge in [-0.05, 0) is 62.5 Å². The van der Waals surface area contributed by atoms with Crippen LogP contribution in [-0.2, 0) is 0 Å². The fraction of sp³-hybridized carbons (Fsp3) is 0.476. The van der Waals surface area contributed by atoms with E-state index in [2.05, 4.69) is 15.9 Å². The number of hydrogen-bond donors (Lipinski definition) is 1. The van der Waals surface area contributed by atoms with Crippen molar-refractivity contribution in [1.82, 2.24) is 9.80 Å². The van der Waals surface area contributed by atoms with Crippen LogP contribution in [0.1, 0.15) is 40.4 Å². The molecule has 0 unspecified atom stereocenters. The zero-order valence-electron chi connectivity index (χ0n) is 15.0. The number of nitrogens with zero attached hydrogens (tertiary/aromatic N) is 2. The second-order valence-corrected chi connectivity index (χ2v) is 7.90. The summed E-state index contributed by atoms with van der Waals surface area (Å²) in [5, 5.41) is 9.96. The topological polar surface area (TPSA) is 56.9 Å². The molecule has 2 aromatic rings. The number of piperidine rings is 3. The standard InChI is InChI=1S/C21H24N2O3/c1-13-17(7-10-26-13)21(25)23-12-18(15-3-2-4-16(24)11-15)20-19(23)14-5-8-22(20)9-6-14/h2-4,7,10-11,14,18-20,24H,5-6,8-9,12H2,1H3/t18-,19+,20+/m0/s1.